The van der Waals surface area contributed by atoms with E-state index in [9.17, 15) is 17.6 Å². The SMILES string of the molecule is CN(C)Cc1cc(CNc2ncc(C(F)(F)F)cc2Cl)ccc1F. The molecule has 0 bridgehead atoms. The van der Waals surface area contributed by atoms with E-state index in [2.05, 4.69) is 10.3 Å². The Morgan fingerprint density at radius 2 is 1.92 bits per heavy atom. The van der Waals surface area contributed by atoms with Crippen molar-refractivity contribution in [1.29, 1.82) is 0 Å². The van der Waals surface area contributed by atoms with Crippen molar-refractivity contribution in [3.8, 4) is 0 Å². The molecule has 0 radical (unpaired) electrons. The van der Waals surface area contributed by atoms with Gasteiger partial charge in [0.15, 0.2) is 0 Å². The summed E-state index contributed by atoms with van der Waals surface area (Å²) in [6, 6.07) is 5.47. The van der Waals surface area contributed by atoms with Crippen LogP contribution >= 0.6 is 11.6 Å². The molecule has 0 fully saturated rings. The van der Waals surface area contributed by atoms with Crippen molar-refractivity contribution in [3.63, 3.8) is 0 Å². The van der Waals surface area contributed by atoms with E-state index in [4.69, 9.17) is 11.6 Å². The van der Waals surface area contributed by atoms with Gasteiger partial charge in [0.05, 0.1) is 10.6 Å². The van der Waals surface area contributed by atoms with Crippen molar-refractivity contribution in [2.45, 2.75) is 19.3 Å². The predicted octanol–water partition coefficient (Wildman–Crippen LogP) is 4.57. The van der Waals surface area contributed by atoms with Crippen LogP contribution in [0.4, 0.5) is 23.4 Å². The molecule has 0 amide bonds. The summed E-state index contributed by atoms with van der Waals surface area (Å²) in [4.78, 5) is 5.54. The number of nitrogens with one attached hydrogen (secondary N) is 1. The summed E-state index contributed by atoms with van der Waals surface area (Å²) < 4.78 is 51.5. The van der Waals surface area contributed by atoms with E-state index in [1.54, 1.807) is 12.1 Å². The van der Waals surface area contributed by atoms with Gasteiger partial charge in [-0.2, -0.15) is 13.2 Å². The normalized spacial score (nSPS) is 11.8. The van der Waals surface area contributed by atoms with Crippen LogP contribution in [0.5, 0.6) is 0 Å². The van der Waals surface area contributed by atoms with E-state index >= 15 is 0 Å². The highest BCUT2D eigenvalue weighted by atomic mass is 35.5. The molecule has 8 heteroatoms. The van der Waals surface area contributed by atoms with Gasteiger partial charge in [-0.3, -0.25) is 0 Å². The Balaban J connectivity index is 2.11. The van der Waals surface area contributed by atoms with Crippen molar-refractivity contribution in [3.05, 3.63) is 58.0 Å². The highest BCUT2D eigenvalue weighted by molar-refractivity contribution is 6.32. The molecule has 0 saturated heterocycles. The van der Waals surface area contributed by atoms with Crippen molar-refractivity contribution < 1.29 is 17.6 Å². The number of alkyl halides is 3. The van der Waals surface area contributed by atoms with Gasteiger partial charge in [-0.15, -0.1) is 0 Å². The van der Waals surface area contributed by atoms with Crippen LogP contribution in [-0.2, 0) is 19.3 Å². The van der Waals surface area contributed by atoms with Crippen LogP contribution in [0.1, 0.15) is 16.7 Å². The third-order valence-corrected chi connectivity index (χ3v) is 3.51. The number of rotatable bonds is 5. The fourth-order valence-corrected chi connectivity index (χ4v) is 2.34. The molecule has 24 heavy (non-hydrogen) atoms. The molecule has 2 rings (SSSR count). The molecule has 1 aromatic heterocycles. The number of nitrogens with zero attached hydrogens (tertiary/aromatic N) is 2. The number of hydrogen-bond donors (Lipinski definition) is 1. The van der Waals surface area contributed by atoms with Gasteiger partial charge >= 0.3 is 6.18 Å². The van der Waals surface area contributed by atoms with Gasteiger partial charge in [-0.25, -0.2) is 9.37 Å². The van der Waals surface area contributed by atoms with Gasteiger partial charge < -0.3 is 10.2 Å². The highest BCUT2D eigenvalue weighted by Gasteiger charge is 2.31. The molecule has 0 unspecified atom stereocenters. The molecular formula is C16H16ClF4N3. The maximum absolute atomic E-state index is 13.7. The summed E-state index contributed by atoms with van der Waals surface area (Å²) in [6.07, 6.45) is -3.77. The average Bonchev–Trinajstić information content (AvgIpc) is 2.47. The topological polar surface area (TPSA) is 28.2 Å². The van der Waals surface area contributed by atoms with Crippen LogP contribution in [0.15, 0.2) is 30.5 Å². The molecule has 2 aromatic rings. The number of aromatic nitrogens is 1. The molecular weight excluding hydrogens is 346 g/mol. The van der Waals surface area contributed by atoms with Gasteiger partial charge in [-0.1, -0.05) is 17.7 Å². The first kappa shape index (κ1) is 18.5. The second kappa shape index (κ2) is 7.36. The molecule has 0 spiro atoms. The van der Waals surface area contributed by atoms with Gasteiger partial charge in [0.25, 0.3) is 0 Å². The Kier molecular flexibility index (Phi) is 5.66. The number of halogens is 5. The summed E-state index contributed by atoms with van der Waals surface area (Å²) in [5, 5.41) is 2.74. The highest BCUT2D eigenvalue weighted by Crippen LogP contribution is 2.32. The lowest BCUT2D eigenvalue weighted by Crippen LogP contribution is -2.13. The van der Waals surface area contributed by atoms with Crippen LogP contribution in [-0.4, -0.2) is 24.0 Å². The Morgan fingerprint density at radius 1 is 1.21 bits per heavy atom. The minimum atomic E-state index is -4.49. The molecule has 3 nitrogen and oxygen atoms in total. The second-order valence-corrected chi connectivity index (χ2v) is 5.98. The molecule has 1 heterocycles. The fourth-order valence-electron chi connectivity index (χ4n) is 2.11. The molecule has 0 atom stereocenters. The van der Waals surface area contributed by atoms with Crippen LogP contribution in [0.2, 0.25) is 5.02 Å². The van der Waals surface area contributed by atoms with Crippen LogP contribution in [0, 0.1) is 5.82 Å². The fraction of sp³-hybridized carbons (Fsp3) is 0.312. The molecule has 0 saturated carbocycles. The quantitative estimate of drug-likeness (QED) is 0.791. The third kappa shape index (κ3) is 4.82. The summed E-state index contributed by atoms with van der Waals surface area (Å²) >= 11 is 5.84. The van der Waals surface area contributed by atoms with Gasteiger partial charge in [0.2, 0.25) is 0 Å². The van der Waals surface area contributed by atoms with E-state index in [1.807, 2.05) is 19.0 Å². The van der Waals surface area contributed by atoms with Crippen molar-refractivity contribution >= 4 is 17.4 Å². The zero-order valence-corrected chi connectivity index (χ0v) is 13.8. The van der Waals surface area contributed by atoms with E-state index in [0.717, 1.165) is 17.8 Å². The number of benzene rings is 1. The summed E-state index contributed by atoms with van der Waals surface area (Å²) in [5.74, 6) is -0.165. The first-order chi connectivity index (χ1) is 11.2. The minimum absolute atomic E-state index is 0.125. The zero-order valence-electron chi connectivity index (χ0n) is 13.1. The van der Waals surface area contributed by atoms with E-state index in [-0.39, 0.29) is 23.2 Å². The molecule has 0 aliphatic rings. The van der Waals surface area contributed by atoms with Gasteiger partial charge in [-0.05, 0) is 37.9 Å². The van der Waals surface area contributed by atoms with Crippen molar-refractivity contribution in [2.75, 3.05) is 19.4 Å². The summed E-state index contributed by atoms with van der Waals surface area (Å²) in [5.41, 5.74) is 0.393. The maximum Gasteiger partial charge on any atom is 0.417 e. The first-order valence-corrected chi connectivity index (χ1v) is 7.43. The van der Waals surface area contributed by atoms with Crippen LogP contribution in [0.3, 0.4) is 0 Å². The number of anilines is 1. The first-order valence-electron chi connectivity index (χ1n) is 7.05. The Bertz CT molecular complexity index is 717. The van der Waals surface area contributed by atoms with Crippen molar-refractivity contribution in [2.24, 2.45) is 0 Å². The molecule has 130 valence electrons. The van der Waals surface area contributed by atoms with E-state index in [0.29, 0.717) is 12.1 Å². The zero-order chi connectivity index (χ0) is 17.9. The molecule has 0 aliphatic heterocycles. The average molecular weight is 362 g/mol. The van der Waals surface area contributed by atoms with E-state index in [1.165, 1.54) is 6.07 Å². The number of pyridine rings is 1. The minimum Gasteiger partial charge on any atom is -0.365 e. The lowest BCUT2D eigenvalue weighted by molar-refractivity contribution is -0.137. The van der Waals surface area contributed by atoms with Crippen molar-refractivity contribution in [1.82, 2.24) is 9.88 Å². The summed E-state index contributed by atoms with van der Waals surface area (Å²) in [6.45, 7) is 0.706. The monoisotopic (exact) mass is 361 g/mol. The Morgan fingerprint density at radius 3 is 2.50 bits per heavy atom. The van der Waals surface area contributed by atoms with Crippen LogP contribution in [0.25, 0.3) is 0 Å². The lowest BCUT2D eigenvalue weighted by atomic mass is 10.1. The third-order valence-electron chi connectivity index (χ3n) is 3.23. The maximum atomic E-state index is 13.7. The predicted molar refractivity (Wildman–Crippen MR) is 85.4 cm³/mol. The molecule has 1 N–H and O–H groups in total. The van der Waals surface area contributed by atoms with Crippen LogP contribution < -0.4 is 5.32 Å². The standard InChI is InChI=1S/C16H16ClF4N3/c1-24(2)9-11-5-10(3-4-14(11)18)7-22-15-13(17)6-12(8-23-15)16(19,20)21/h3-6,8H,7,9H2,1-2H3,(H,22,23). The second-order valence-electron chi connectivity index (χ2n) is 5.57. The Hall–Kier alpha value is -1.86. The lowest BCUT2D eigenvalue weighted by Gasteiger charge is -2.13. The smallest absolute Gasteiger partial charge is 0.365 e. The summed E-state index contributed by atoms with van der Waals surface area (Å²) in [7, 11) is 3.66. The number of hydrogen-bond acceptors (Lipinski definition) is 3. The largest absolute Gasteiger partial charge is 0.417 e. The van der Waals surface area contributed by atoms with Gasteiger partial charge in [0.1, 0.15) is 11.6 Å². The Labute approximate surface area is 142 Å². The van der Waals surface area contributed by atoms with Gasteiger partial charge in [0, 0.05) is 24.8 Å². The van der Waals surface area contributed by atoms with E-state index < -0.39 is 11.7 Å². The molecule has 1 aromatic carbocycles. The molecule has 0 aliphatic carbocycles.